The number of nitrogen functional groups attached to an aromatic ring is 2. The van der Waals surface area contributed by atoms with Gasteiger partial charge in [-0.2, -0.15) is 0 Å². The van der Waals surface area contributed by atoms with E-state index < -0.39 is 0 Å². The van der Waals surface area contributed by atoms with Gasteiger partial charge in [-0.25, -0.2) is 0 Å². The second-order valence-electron chi connectivity index (χ2n) is 4.12. The number of rotatable bonds is 3. The Kier molecular flexibility index (Phi) is 3.75. The van der Waals surface area contributed by atoms with Gasteiger partial charge in [0, 0.05) is 23.0 Å². The van der Waals surface area contributed by atoms with E-state index in [0.717, 1.165) is 16.7 Å². The van der Waals surface area contributed by atoms with E-state index in [2.05, 4.69) is 0 Å². The minimum atomic E-state index is 0.0433. The fraction of sp³-hybridized carbons (Fsp3) is 0.143. The fourth-order valence-electron chi connectivity index (χ4n) is 2.02. The van der Waals surface area contributed by atoms with Gasteiger partial charge in [0.1, 0.15) is 0 Å². The zero-order valence-corrected chi connectivity index (χ0v) is 10.6. The molecule has 0 amide bonds. The molecule has 0 aliphatic carbocycles. The van der Waals surface area contributed by atoms with E-state index in [0.29, 0.717) is 22.8 Å². The minimum absolute atomic E-state index is 0.0433. The molecule has 94 valence electrons. The van der Waals surface area contributed by atoms with Crippen molar-refractivity contribution >= 4 is 23.0 Å². The molecule has 0 unspecified atom stereocenters. The molecule has 5 N–H and O–H groups in total. The molecule has 3 nitrogen and oxygen atoms in total. The molecular formula is C14H15ClN2O. The van der Waals surface area contributed by atoms with Crippen LogP contribution in [0, 0.1) is 0 Å². The Morgan fingerprint density at radius 1 is 1.11 bits per heavy atom. The molecule has 0 bridgehead atoms. The van der Waals surface area contributed by atoms with Crippen LogP contribution >= 0.6 is 11.6 Å². The number of hydrogen-bond donors (Lipinski definition) is 3. The van der Waals surface area contributed by atoms with E-state index in [4.69, 9.17) is 28.2 Å². The van der Waals surface area contributed by atoms with Crippen molar-refractivity contribution in [3.05, 3.63) is 47.0 Å². The Balaban J connectivity index is 2.61. The second-order valence-corrected chi connectivity index (χ2v) is 4.56. The first-order chi connectivity index (χ1) is 8.61. The van der Waals surface area contributed by atoms with Crippen molar-refractivity contribution in [2.75, 3.05) is 18.1 Å². The number of benzene rings is 2. The molecule has 2 aromatic rings. The maximum Gasteiger partial charge on any atom is 0.0472 e. The first-order valence-corrected chi connectivity index (χ1v) is 6.04. The summed E-state index contributed by atoms with van der Waals surface area (Å²) in [6, 6.07) is 11.1. The first-order valence-electron chi connectivity index (χ1n) is 5.66. The van der Waals surface area contributed by atoms with Crippen molar-refractivity contribution < 1.29 is 5.11 Å². The number of hydrogen-bond acceptors (Lipinski definition) is 3. The molecule has 2 rings (SSSR count). The molecule has 0 fully saturated rings. The van der Waals surface area contributed by atoms with Crippen molar-refractivity contribution in [2.24, 2.45) is 0 Å². The number of aliphatic hydroxyl groups is 1. The summed E-state index contributed by atoms with van der Waals surface area (Å²) >= 11 is 5.99. The summed E-state index contributed by atoms with van der Waals surface area (Å²) in [5, 5.41) is 9.78. The summed E-state index contributed by atoms with van der Waals surface area (Å²) in [5.74, 6) is 0. The summed E-state index contributed by atoms with van der Waals surface area (Å²) in [5.41, 5.74) is 15.7. The molecule has 0 aliphatic heterocycles. The molecule has 0 saturated carbocycles. The molecule has 0 spiro atoms. The van der Waals surface area contributed by atoms with E-state index in [1.807, 2.05) is 30.3 Å². The average molecular weight is 263 g/mol. The van der Waals surface area contributed by atoms with Crippen LogP contribution in [0.4, 0.5) is 11.4 Å². The van der Waals surface area contributed by atoms with Gasteiger partial charge in [-0.3, -0.25) is 0 Å². The standard InChI is InChI=1S/C14H15ClN2O/c15-10-3-1-2-9(6-10)13-7-11(16)8-14(17)12(13)4-5-18/h1-3,6-8,18H,4-5,16-17H2. The van der Waals surface area contributed by atoms with Gasteiger partial charge in [0.15, 0.2) is 0 Å². The highest BCUT2D eigenvalue weighted by Gasteiger charge is 2.10. The molecule has 0 atom stereocenters. The SMILES string of the molecule is Nc1cc(N)c(CCO)c(-c2cccc(Cl)c2)c1. The van der Waals surface area contributed by atoms with Gasteiger partial charge >= 0.3 is 0 Å². The van der Waals surface area contributed by atoms with Crippen LogP contribution in [0.1, 0.15) is 5.56 Å². The highest BCUT2D eigenvalue weighted by atomic mass is 35.5. The quantitative estimate of drug-likeness (QED) is 0.745. The summed E-state index contributed by atoms with van der Waals surface area (Å²) in [6.45, 7) is 0.0433. The number of halogens is 1. The van der Waals surface area contributed by atoms with Crippen LogP contribution in [-0.4, -0.2) is 11.7 Å². The molecule has 18 heavy (non-hydrogen) atoms. The maximum absolute atomic E-state index is 9.13. The van der Waals surface area contributed by atoms with Crippen molar-refractivity contribution in [3.8, 4) is 11.1 Å². The van der Waals surface area contributed by atoms with Gasteiger partial charge in [-0.1, -0.05) is 23.7 Å². The third kappa shape index (κ3) is 2.58. The summed E-state index contributed by atoms with van der Waals surface area (Å²) in [7, 11) is 0. The van der Waals surface area contributed by atoms with Crippen LogP contribution in [0.15, 0.2) is 36.4 Å². The summed E-state index contributed by atoms with van der Waals surface area (Å²) in [6.07, 6.45) is 0.494. The summed E-state index contributed by atoms with van der Waals surface area (Å²) < 4.78 is 0. The average Bonchev–Trinajstić information content (AvgIpc) is 2.32. The van der Waals surface area contributed by atoms with Gasteiger partial charge in [0.05, 0.1) is 0 Å². The van der Waals surface area contributed by atoms with Crippen molar-refractivity contribution in [1.82, 2.24) is 0 Å². The smallest absolute Gasteiger partial charge is 0.0472 e. The van der Waals surface area contributed by atoms with Gasteiger partial charge < -0.3 is 16.6 Å². The lowest BCUT2D eigenvalue weighted by atomic mass is 9.95. The number of aliphatic hydroxyl groups excluding tert-OH is 1. The lowest BCUT2D eigenvalue weighted by Crippen LogP contribution is -2.02. The highest BCUT2D eigenvalue weighted by molar-refractivity contribution is 6.30. The van der Waals surface area contributed by atoms with E-state index in [-0.39, 0.29) is 6.61 Å². The normalized spacial score (nSPS) is 10.6. The van der Waals surface area contributed by atoms with Crippen LogP contribution in [0.25, 0.3) is 11.1 Å². The maximum atomic E-state index is 9.13. The molecule has 4 heteroatoms. The van der Waals surface area contributed by atoms with Crippen LogP contribution in [-0.2, 0) is 6.42 Å². The molecular weight excluding hydrogens is 248 g/mol. The van der Waals surface area contributed by atoms with Crippen LogP contribution in [0.5, 0.6) is 0 Å². The lowest BCUT2D eigenvalue weighted by Gasteiger charge is -2.13. The van der Waals surface area contributed by atoms with E-state index in [1.54, 1.807) is 6.07 Å². The predicted octanol–water partition coefficient (Wildman–Crippen LogP) is 2.71. The van der Waals surface area contributed by atoms with Gasteiger partial charge in [-0.05, 0) is 47.4 Å². The number of nitrogens with two attached hydrogens (primary N) is 2. The van der Waals surface area contributed by atoms with Gasteiger partial charge in [0.25, 0.3) is 0 Å². The van der Waals surface area contributed by atoms with Crippen LogP contribution < -0.4 is 11.5 Å². The molecule has 0 radical (unpaired) electrons. The van der Waals surface area contributed by atoms with E-state index in [9.17, 15) is 0 Å². The Labute approximate surface area is 111 Å². The van der Waals surface area contributed by atoms with E-state index in [1.165, 1.54) is 0 Å². The molecule has 0 aliphatic rings. The third-order valence-electron chi connectivity index (χ3n) is 2.80. The van der Waals surface area contributed by atoms with Gasteiger partial charge in [0.2, 0.25) is 0 Å². The second kappa shape index (κ2) is 5.29. The fourth-order valence-corrected chi connectivity index (χ4v) is 2.21. The largest absolute Gasteiger partial charge is 0.399 e. The van der Waals surface area contributed by atoms with Crippen molar-refractivity contribution in [2.45, 2.75) is 6.42 Å². The Morgan fingerprint density at radius 2 is 1.89 bits per heavy atom. The zero-order valence-electron chi connectivity index (χ0n) is 9.86. The van der Waals surface area contributed by atoms with Crippen molar-refractivity contribution in [1.29, 1.82) is 0 Å². The monoisotopic (exact) mass is 262 g/mol. The Hall–Kier alpha value is -1.71. The summed E-state index contributed by atoms with van der Waals surface area (Å²) in [4.78, 5) is 0. The van der Waals surface area contributed by atoms with Gasteiger partial charge in [-0.15, -0.1) is 0 Å². The van der Waals surface area contributed by atoms with E-state index >= 15 is 0 Å². The lowest BCUT2D eigenvalue weighted by molar-refractivity contribution is 0.300. The molecule has 0 saturated heterocycles. The predicted molar refractivity (Wildman–Crippen MR) is 76.5 cm³/mol. The Morgan fingerprint density at radius 3 is 2.56 bits per heavy atom. The zero-order chi connectivity index (χ0) is 13.1. The first kappa shape index (κ1) is 12.7. The Bertz CT molecular complexity index is 570. The topological polar surface area (TPSA) is 72.3 Å². The molecule has 0 aromatic heterocycles. The van der Waals surface area contributed by atoms with Crippen molar-refractivity contribution in [3.63, 3.8) is 0 Å². The number of anilines is 2. The highest BCUT2D eigenvalue weighted by Crippen LogP contribution is 2.32. The minimum Gasteiger partial charge on any atom is -0.399 e. The van der Waals surface area contributed by atoms with Crippen LogP contribution in [0.3, 0.4) is 0 Å². The molecule has 0 heterocycles. The van der Waals surface area contributed by atoms with Crippen LogP contribution in [0.2, 0.25) is 5.02 Å². The third-order valence-corrected chi connectivity index (χ3v) is 3.04. The molecule has 2 aromatic carbocycles.